The molecule has 1 saturated heterocycles. The molecule has 4 nitrogen and oxygen atoms in total. The van der Waals surface area contributed by atoms with Crippen LogP contribution < -0.4 is 0 Å². The summed E-state index contributed by atoms with van der Waals surface area (Å²) in [5.74, 6) is 0.0575. The molecule has 1 amide bonds. The van der Waals surface area contributed by atoms with Gasteiger partial charge in [0.25, 0.3) is 5.91 Å². The molecule has 98 valence electrons. The lowest BCUT2D eigenvalue weighted by atomic mass is 10.2. The highest BCUT2D eigenvalue weighted by atomic mass is 79.9. The summed E-state index contributed by atoms with van der Waals surface area (Å²) in [5, 5.41) is 0. The van der Waals surface area contributed by atoms with Crippen molar-refractivity contribution in [1.29, 1.82) is 0 Å². The van der Waals surface area contributed by atoms with E-state index < -0.39 is 0 Å². The van der Waals surface area contributed by atoms with Crippen molar-refractivity contribution < 1.29 is 9.53 Å². The number of hydrogen-bond donors (Lipinski definition) is 0. The summed E-state index contributed by atoms with van der Waals surface area (Å²) >= 11 is 3.29. The number of rotatable bonds is 2. The van der Waals surface area contributed by atoms with E-state index in [2.05, 4.69) is 27.8 Å². The summed E-state index contributed by atoms with van der Waals surface area (Å²) < 4.78 is 6.36. The standard InChI is InChI=1S/C13H17BrN2O2/c1-2-11-9-16(6-3-7-18-11)13(17)10-4-5-15-12(14)8-10/h4-5,8,11H,2-3,6-7,9H2,1H3. The van der Waals surface area contributed by atoms with Crippen LogP contribution in [0, 0.1) is 0 Å². The van der Waals surface area contributed by atoms with Gasteiger partial charge in [0.15, 0.2) is 0 Å². The van der Waals surface area contributed by atoms with Gasteiger partial charge >= 0.3 is 0 Å². The second kappa shape index (κ2) is 6.29. The SMILES string of the molecule is CCC1CN(C(=O)c2ccnc(Br)c2)CCCO1. The third kappa shape index (κ3) is 3.29. The van der Waals surface area contributed by atoms with E-state index in [1.54, 1.807) is 18.3 Å². The quantitative estimate of drug-likeness (QED) is 0.788. The van der Waals surface area contributed by atoms with Gasteiger partial charge in [-0.15, -0.1) is 0 Å². The molecule has 1 fully saturated rings. The largest absolute Gasteiger partial charge is 0.376 e. The minimum Gasteiger partial charge on any atom is -0.376 e. The number of halogens is 1. The van der Waals surface area contributed by atoms with Crippen LogP contribution in [-0.2, 0) is 4.74 Å². The third-order valence-electron chi connectivity index (χ3n) is 3.07. The Balaban J connectivity index is 2.12. The maximum atomic E-state index is 12.4. The molecule has 2 rings (SSSR count). The Morgan fingerprint density at radius 3 is 3.22 bits per heavy atom. The van der Waals surface area contributed by atoms with Gasteiger partial charge in [-0.25, -0.2) is 4.98 Å². The smallest absolute Gasteiger partial charge is 0.254 e. The molecule has 2 heterocycles. The molecule has 1 aliphatic rings. The summed E-state index contributed by atoms with van der Waals surface area (Å²) in [6, 6.07) is 3.51. The van der Waals surface area contributed by atoms with Crippen LogP contribution in [0.2, 0.25) is 0 Å². The Hall–Kier alpha value is -0.940. The monoisotopic (exact) mass is 312 g/mol. The van der Waals surface area contributed by atoms with Crippen LogP contribution in [0.1, 0.15) is 30.1 Å². The average Bonchev–Trinajstić information content (AvgIpc) is 2.63. The van der Waals surface area contributed by atoms with E-state index in [0.29, 0.717) is 16.7 Å². The van der Waals surface area contributed by atoms with E-state index in [9.17, 15) is 4.79 Å². The van der Waals surface area contributed by atoms with Crippen molar-refractivity contribution in [2.75, 3.05) is 19.7 Å². The molecule has 5 heteroatoms. The lowest BCUT2D eigenvalue weighted by molar-refractivity contribution is 0.0460. The molecule has 1 unspecified atom stereocenters. The first kappa shape index (κ1) is 13.5. The number of hydrogen-bond acceptors (Lipinski definition) is 3. The maximum Gasteiger partial charge on any atom is 0.254 e. The van der Waals surface area contributed by atoms with Crippen molar-refractivity contribution in [3.8, 4) is 0 Å². The van der Waals surface area contributed by atoms with Gasteiger partial charge in [0.05, 0.1) is 6.10 Å². The van der Waals surface area contributed by atoms with Crippen LogP contribution >= 0.6 is 15.9 Å². The molecule has 1 aromatic heterocycles. The summed E-state index contributed by atoms with van der Waals surface area (Å²) in [7, 11) is 0. The molecule has 0 radical (unpaired) electrons. The number of carbonyl (C=O) groups is 1. The fourth-order valence-corrected chi connectivity index (χ4v) is 2.41. The van der Waals surface area contributed by atoms with E-state index in [-0.39, 0.29) is 12.0 Å². The predicted octanol–water partition coefficient (Wildman–Crippen LogP) is 2.49. The van der Waals surface area contributed by atoms with Gasteiger partial charge < -0.3 is 9.64 Å². The first-order valence-electron chi connectivity index (χ1n) is 6.23. The van der Waals surface area contributed by atoms with Crippen LogP contribution in [0.5, 0.6) is 0 Å². The zero-order valence-electron chi connectivity index (χ0n) is 10.4. The van der Waals surface area contributed by atoms with Gasteiger partial charge in [0, 0.05) is 31.5 Å². The average molecular weight is 313 g/mol. The Morgan fingerprint density at radius 2 is 2.50 bits per heavy atom. The third-order valence-corrected chi connectivity index (χ3v) is 3.50. The Bertz CT molecular complexity index is 425. The predicted molar refractivity (Wildman–Crippen MR) is 72.5 cm³/mol. The molecule has 0 spiro atoms. The number of pyridine rings is 1. The van der Waals surface area contributed by atoms with Crippen molar-refractivity contribution in [1.82, 2.24) is 9.88 Å². The molecule has 1 aliphatic heterocycles. The summed E-state index contributed by atoms with van der Waals surface area (Å²) in [4.78, 5) is 18.3. The maximum absolute atomic E-state index is 12.4. The van der Waals surface area contributed by atoms with Crippen LogP contribution in [0.15, 0.2) is 22.9 Å². The van der Waals surface area contributed by atoms with Crippen molar-refractivity contribution in [2.45, 2.75) is 25.9 Å². The second-order valence-electron chi connectivity index (χ2n) is 4.37. The molecular formula is C13H17BrN2O2. The molecule has 1 atom stereocenters. The molecule has 0 aromatic carbocycles. The van der Waals surface area contributed by atoms with Gasteiger partial charge in [0.1, 0.15) is 4.60 Å². The van der Waals surface area contributed by atoms with Gasteiger partial charge in [-0.1, -0.05) is 6.92 Å². The minimum absolute atomic E-state index is 0.0575. The number of carbonyl (C=O) groups excluding carboxylic acids is 1. The van der Waals surface area contributed by atoms with Crippen molar-refractivity contribution in [3.63, 3.8) is 0 Å². The zero-order valence-corrected chi connectivity index (χ0v) is 12.0. The topological polar surface area (TPSA) is 42.4 Å². The zero-order chi connectivity index (χ0) is 13.0. The molecule has 18 heavy (non-hydrogen) atoms. The second-order valence-corrected chi connectivity index (χ2v) is 5.19. The summed E-state index contributed by atoms with van der Waals surface area (Å²) in [5.41, 5.74) is 0.675. The summed E-state index contributed by atoms with van der Waals surface area (Å²) in [6.07, 6.45) is 3.63. The highest BCUT2D eigenvalue weighted by Crippen LogP contribution is 2.14. The van der Waals surface area contributed by atoms with Gasteiger partial charge in [-0.3, -0.25) is 4.79 Å². The lowest BCUT2D eigenvalue weighted by Crippen LogP contribution is -2.36. The molecule has 0 saturated carbocycles. The number of aromatic nitrogens is 1. The fraction of sp³-hybridized carbons (Fsp3) is 0.538. The normalized spacial score (nSPS) is 20.6. The van der Waals surface area contributed by atoms with Gasteiger partial charge in [0.2, 0.25) is 0 Å². The Morgan fingerprint density at radius 1 is 1.67 bits per heavy atom. The van der Waals surface area contributed by atoms with E-state index in [1.165, 1.54) is 0 Å². The molecular weight excluding hydrogens is 296 g/mol. The van der Waals surface area contributed by atoms with Crippen molar-refractivity contribution in [2.24, 2.45) is 0 Å². The van der Waals surface area contributed by atoms with Crippen molar-refractivity contribution >= 4 is 21.8 Å². The van der Waals surface area contributed by atoms with Crippen LogP contribution in [0.4, 0.5) is 0 Å². The number of amides is 1. The highest BCUT2D eigenvalue weighted by Gasteiger charge is 2.22. The van der Waals surface area contributed by atoms with E-state index in [0.717, 1.165) is 26.0 Å². The Kier molecular flexibility index (Phi) is 4.72. The van der Waals surface area contributed by atoms with E-state index >= 15 is 0 Å². The Labute approximate surface area is 115 Å². The van der Waals surface area contributed by atoms with E-state index in [4.69, 9.17) is 4.74 Å². The fourth-order valence-electron chi connectivity index (χ4n) is 2.04. The molecule has 0 N–H and O–H groups in total. The minimum atomic E-state index is 0.0575. The molecule has 0 bridgehead atoms. The van der Waals surface area contributed by atoms with Crippen LogP contribution in [0.3, 0.4) is 0 Å². The lowest BCUT2D eigenvalue weighted by Gasteiger charge is -2.23. The van der Waals surface area contributed by atoms with Gasteiger partial charge in [-0.2, -0.15) is 0 Å². The summed E-state index contributed by atoms with van der Waals surface area (Å²) in [6.45, 7) is 4.26. The number of nitrogens with zero attached hydrogens (tertiary/aromatic N) is 2. The van der Waals surface area contributed by atoms with Gasteiger partial charge in [-0.05, 0) is 40.9 Å². The highest BCUT2D eigenvalue weighted by molar-refractivity contribution is 9.10. The van der Waals surface area contributed by atoms with Crippen molar-refractivity contribution in [3.05, 3.63) is 28.5 Å². The molecule has 1 aromatic rings. The molecule has 0 aliphatic carbocycles. The number of ether oxygens (including phenoxy) is 1. The first-order valence-corrected chi connectivity index (χ1v) is 7.02. The van der Waals surface area contributed by atoms with E-state index in [1.807, 2.05) is 4.90 Å². The van der Waals surface area contributed by atoms with Crippen LogP contribution in [0.25, 0.3) is 0 Å². The first-order chi connectivity index (χ1) is 8.70. The van der Waals surface area contributed by atoms with Crippen LogP contribution in [-0.4, -0.2) is 41.6 Å².